The van der Waals surface area contributed by atoms with Gasteiger partial charge in [-0.25, -0.2) is 0 Å². The van der Waals surface area contributed by atoms with E-state index in [1.807, 2.05) is 6.07 Å². The van der Waals surface area contributed by atoms with Gasteiger partial charge in [0.2, 0.25) is 5.91 Å². The first-order valence-corrected chi connectivity index (χ1v) is 2.65. The van der Waals surface area contributed by atoms with Crippen LogP contribution in [-0.2, 0) is 0 Å². The van der Waals surface area contributed by atoms with Gasteiger partial charge in [-0.2, -0.15) is 0 Å². The fourth-order valence-corrected chi connectivity index (χ4v) is 0.602. The Morgan fingerprint density at radius 3 is 2.00 bits per heavy atom. The third-order valence-electron chi connectivity index (χ3n) is 1.06. The fraction of sp³-hybridized carbons (Fsp3) is 0. The molecule has 1 aromatic carbocycles. The second kappa shape index (κ2) is 4.33. The molecule has 0 bridgehead atoms. The standard InChI is InChI=1S/C7H7NO.Sn.4H/c8-7(9)6-4-2-1-3-5-6;;;;;/h1-5H,(H2,8,9);;;;;. The maximum absolute atomic E-state index is 10.4. The number of benzene rings is 1. The Bertz CT molecular complexity index is 210. The Morgan fingerprint density at radius 1 is 1.20 bits per heavy atom. The number of hydrogen-bond acceptors (Lipinski definition) is 1. The molecule has 0 saturated carbocycles. The molecular formula is C7H11NOSn. The van der Waals surface area contributed by atoms with E-state index in [4.69, 9.17) is 5.73 Å². The zero-order valence-electron chi connectivity index (χ0n) is 4.87. The molecule has 0 aliphatic rings. The van der Waals surface area contributed by atoms with Gasteiger partial charge in [0.05, 0.1) is 0 Å². The molecule has 2 nitrogen and oxygen atoms in total. The van der Waals surface area contributed by atoms with Gasteiger partial charge in [0.15, 0.2) is 0 Å². The van der Waals surface area contributed by atoms with Gasteiger partial charge in [0, 0.05) is 5.56 Å². The maximum atomic E-state index is 10.4. The number of hydrogen-bond donors (Lipinski definition) is 1. The van der Waals surface area contributed by atoms with Gasteiger partial charge in [0.25, 0.3) is 0 Å². The summed E-state index contributed by atoms with van der Waals surface area (Å²) in [5, 5.41) is 0. The predicted molar refractivity (Wildman–Crippen MR) is 46.3 cm³/mol. The summed E-state index contributed by atoms with van der Waals surface area (Å²) in [5.74, 6) is -0.379. The first-order chi connectivity index (χ1) is 4.30. The van der Waals surface area contributed by atoms with Crippen LogP contribution in [0.4, 0.5) is 0 Å². The van der Waals surface area contributed by atoms with E-state index in [0.717, 1.165) is 0 Å². The van der Waals surface area contributed by atoms with Crippen LogP contribution in [0.1, 0.15) is 10.4 Å². The molecule has 0 heterocycles. The van der Waals surface area contributed by atoms with E-state index in [-0.39, 0.29) is 29.8 Å². The van der Waals surface area contributed by atoms with Crippen LogP contribution in [0.3, 0.4) is 0 Å². The van der Waals surface area contributed by atoms with E-state index in [1.54, 1.807) is 24.3 Å². The number of carbonyl (C=O) groups excluding carboxylic acids is 1. The molecule has 1 rings (SSSR count). The van der Waals surface area contributed by atoms with Crippen LogP contribution >= 0.6 is 0 Å². The summed E-state index contributed by atoms with van der Waals surface area (Å²) in [6, 6.07) is 8.76. The Labute approximate surface area is 76.4 Å². The van der Waals surface area contributed by atoms with Gasteiger partial charge in [-0.05, 0) is 12.1 Å². The predicted octanol–water partition coefficient (Wildman–Crippen LogP) is -0.666. The van der Waals surface area contributed by atoms with Crippen LogP contribution in [0, 0.1) is 0 Å². The van der Waals surface area contributed by atoms with Crippen LogP contribution < -0.4 is 5.73 Å². The number of carbonyl (C=O) groups is 1. The molecule has 0 aliphatic carbocycles. The molecule has 0 spiro atoms. The molecule has 0 aromatic heterocycles. The van der Waals surface area contributed by atoms with Crippen molar-refractivity contribution in [1.29, 1.82) is 0 Å². The van der Waals surface area contributed by atoms with E-state index in [2.05, 4.69) is 0 Å². The molecule has 0 atom stereocenters. The van der Waals surface area contributed by atoms with E-state index in [0.29, 0.717) is 5.56 Å². The minimum absolute atomic E-state index is 0. The molecule has 54 valence electrons. The number of rotatable bonds is 1. The minimum atomic E-state index is -0.379. The van der Waals surface area contributed by atoms with Gasteiger partial charge < -0.3 is 5.73 Å². The Kier molecular flexibility index (Phi) is 4.11. The average molecular weight is 244 g/mol. The fourth-order valence-electron chi connectivity index (χ4n) is 0.602. The average Bonchev–Trinajstić information content (AvgIpc) is 1.90. The summed E-state index contributed by atoms with van der Waals surface area (Å²) in [4.78, 5) is 10.4. The van der Waals surface area contributed by atoms with Crippen molar-refractivity contribution < 1.29 is 4.79 Å². The van der Waals surface area contributed by atoms with Gasteiger partial charge >= 0.3 is 23.9 Å². The second-order valence-corrected chi connectivity index (χ2v) is 1.73. The normalized spacial score (nSPS) is 8.00. The van der Waals surface area contributed by atoms with Gasteiger partial charge in [-0.15, -0.1) is 0 Å². The molecule has 0 saturated heterocycles. The Morgan fingerprint density at radius 2 is 1.70 bits per heavy atom. The van der Waals surface area contributed by atoms with Crippen LogP contribution in [0.15, 0.2) is 30.3 Å². The summed E-state index contributed by atoms with van der Waals surface area (Å²) in [5.41, 5.74) is 5.53. The molecule has 1 amide bonds. The second-order valence-electron chi connectivity index (χ2n) is 1.73. The zero-order chi connectivity index (χ0) is 6.69. The molecule has 0 fully saturated rings. The number of primary amides is 1. The summed E-state index contributed by atoms with van der Waals surface area (Å²) in [6.07, 6.45) is 0. The van der Waals surface area contributed by atoms with Crippen molar-refractivity contribution in [3.05, 3.63) is 35.9 Å². The quantitative estimate of drug-likeness (QED) is 0.654. The van der Waals surface area contributed by atoms with Crippen molar-refractivity contribution in [3.8, 4) is 0 Å². The molecule has 10 heavy (non-hydrogen) atoms. The van der Waals surface area contributed by atoms with Crippen LogP contribution in [0.25, 0.3) is 0 Å². The SMILES string of the molecule is NC(=O)c1ccccc1.[SnH4]. The summed E-state index contributed by atoms with van der Waals surface area (Å²) in [6.45, 7) is 0. The van der Waals surface area contributed by atoms with Gasteiger partial charge in [-0.1, -0.05) is 18.2 Å². The van der Waals surface area contributed by atoms with Crippen molar-refractivity contribution in [2.75, 3.05) is 0 Å². The molecule has 2 N–H and O–H groups in total. The van der Waals surface area contributed by atoms with Crippen molar-refractivity contribution in [3.63, 3.8) is 0 Å². The summed E-state index contributed by atoms with van der Waals surface area (Å²) >= 11 is 0. The number of nitrogens with two attached hydrogens (primary N) is 1. The monoisotopic (exact) mass is 245 g/mol. The first-order valence-electron chi connectivity index (χ1n) is 2.65. The molecule has 3 heteroatoms. The topological polar surface area (TPSA) is 43.1 Å². The molecular weight excluding hydrogens is 233 g/mol. The van der Waals surface area contributed by atoms with Gasteiger partial charge in [-0.3, -0.25) is 4.79 Å². The van der Waals surface area contributed by atoms with Crippen molar-refractivity contribution in [2.24, 2.45) is 5.73 Å². The van der Waals surface area contributed by atoms with Crippen molar-refractivity contribution in [2.45, 2.75) is 0 Å². The number of amides is 1. The van der Waals surface area contributed by atoms with Crippen LogP contribution in [-0.4, -0.2) is 29.8 Å². The molecule has 1 aromatic rings. The van der Waals surface area contributed by atoms with Crippen LogP contribution in [0.5, 0.6) is 0 Å². The molecule has 0 aliphatic heterocycles. The van der Waals surface area contributed by atoms with Crippen molar-refractivity contribution in [1.82, 2.24) is 0 Å². The van der Waals surface area contributed by atoms with E-state index < -0.39 is 0 Å². The van der Waals surface area contributed by atoms with Crippen LogP contribution in [0.2, 0.25) is 0 Å². The van der Waals surface area contributed by atoms with Gasteiger partial charge in [0.1, 0.15) is 0 Å². The third kappa shape index (κ3) is 2.39. The van der Waals surface area contributed by atoms with E-state index in [1.165, 1.54) is 0 Å². The summed E-state index contributed by atoms with van der Waals surface area (Å²) < 4.78 is 0. The zero-order valence-corrected chi connectivity index (χ0v) is 4.87. The molecule has 0 radical (unpaired) electrons. The third-order valence-corrected chi connectivity index (χ3v) is 1.06. The first kappa shape index (κ1) is 9.49. The van der Waals surface area contributed by atoms with E-state index in [9.17, 15) is 4.79 Å². The Balaban J connectivity index is 0.000000810. The molecule has 0 unspecified atom stereocenters. The van der Waals surface area contributed by atoms with E-state index >= 15 is 0 Å². The van der Waals surface area contributed by atoms with Crippen molar-refractivity contribution >= 4 is 29.8 Å². The summed E-state index contributed by atoms with van der Waals surface area (Å²) in [7, 11) is 0. The Hall–Kier alpha value is -0.511.